The molecule has 0 spiro atoms. The average Bonchev–Trinajstić information content (AvgIpc) is 2.60. The molecule has 0 fully saturated rings. The number of amides is 2. The van der Waals surface area contributed by atoms with Crippen molar-refractivity contribution in [1.29, 1.82) is 0 Å². The molecule has 0 bridgehead atoms. The average molecular weight is 384 g/mol. The third-order valence-corrected chi connectivity index (χ3v) is 3.36. The van der Waals surface area contributed by atoms with E-state index in [0.717, 1.165) is 6.07 Å². The SMILES string of the molecule is CCNC(=O)c1cccc(NC(=O)COc2ccc(C(F)(F)F)cc2F)c1. The number of benzene rings is 2. The number of hydrogen-bond donors (Lipinski definition) is 2. The van der Waals surface area contributed by atoms with Crippen LogP contribution in [-0.4, -0.2) is 25.0 Å². The molecule has 0 aromatic heterocycles. The Morgan fingerprint density at radius 2 is 1.85 bits per heavy atom. The predicted octanol–water partition coefficient (Wildman–Crippen LogP) is 3.61. The Kier molecular flexibility index (Phi) is 6.38. The molecule has 0 unspecified atom stereocenters. The Labute approximate surface area is 152 Å². The zero-order chi connectivity index (χ0) is 20.0. The maximum absolute atomic E-state index is 13.7. The predicted molar refractivity (Wildman–Crippen MR) is 90.0 cm³/mol. The van der Waals surface area contributed by atoms with Crippen LogP contribution in [0.4, 0.5) is 23.2 Å². The summed E-state index contributed by atoms with van der Waals surface area (Å²) >= 11 is 0. The van der Waals surface area contributed by atoms with Gasteiger partial charge >= 0.3 is 6.18 Å². The lowest BCUT2D eigenvalue weighted by molar-refractivity contribution is -0.137. The van der Waals surface area contributed by atoms with Crippen LogP contribution in [0.2, 0.25) is 0 Å². The molecule has 0 aliphatic heterocycles. The minimum Gasteiger partial charge on any atom is -0.481 e. The summed E-state index contributed by atoms with van der Waals surface area (Å²) in [6.07, 6.45) is -4.67. The fourth-order valence-corrected chi connectivity index (χ4v) is 2.14. The number of carbonyl (C=O) groups is 2. The van der Waals surface area contributed by atoms with Gasteiger partial charge in [-0.1, -0.05) is 6.07 Å². The fourth-order valence-electron chi connectivity index (χ4n) is 2.14. The van der Waals surface area contributed by atoms with Crippen molar-refractivity contribution in [3.8, 4) is 5.75 Å². The van der Waals surface area contributed by atoms with Crippen LogP contribution >= 0.6 is 0 Å². The van der Waals surface area contributed by atoms with Crippen LogP contribution in [0.5, 0.6) is 5.75 Å². The van der Waals surface area contributed by atoms with E-state index in [1.165, 1.54) is 6.07 Å². The minimum atomic E-state index is -4.67. The maximum atomic E-state index is 13.7. The van der Waals surface area contributed by atoms with Crippen molar-refractivity contribution in [2.45, 2.75) is 13.1 Å². The van der Waals surface area contributed by atoms with Crippen LogP contribution in [0.3, 0.4) is 0 Å². The van der Waals surface area contributed by atoms with E-state index in [2.05, 4.69) is 10.6 Å². The highest BCUT2D eigenvalue weighted by atomic mass is 19.4. The Morgan fingerprint density at radius 3 is 2.48 bits per heavy atom. The highest BCUT2D eigenvalue weighted by Gasteiger charge is 2.31. The van der Waals surface area contributed by atoms with Gasteiger partial charge in [0.15, 0.2) is 18.2 Å². The van der Waals surface area contributed by atoms with E-state index in [9.17, 15) is 27.2 Å². The number of alkyl halides is 3. The first-order chi connectivity index (χ1) is 12.7. The highest BCUT2D eigenvalue weighted by Crippen LogP contribution is 2.31. The lowest BCUT2D eigenvalue weighted by atomic mass is 10.2. The number of anilines is 1. The number of halogens is 4. The van der Waals surface area contributed by atoms with Gasteiger partial charge in [-0.2, -0.15) is 13.2 Å². The molecule has 9 heteroatoms. The quantitative estimate of drug-likeness (QED) is 0.748. The monoisotopic (exact) mass is 384 g/mol. The minimum absolute atomic E-state index is 0.295. The van der Waals surface area contributed by atoms with Crippen molar-refractivity contribution in [2.24, 2.45) is 0 Å². The highest BCUT2D eigenvalue weighted by molar-refractivity contribution is 5.97. The molecule has 27 heavy (non-hydrogen) atoms. The van der Waals surface area contributed by atoms with E-state index in [-0.39, 0.29) is 5.91 Å². The molecule has 0 saturated heterocycles. The van der Waals surface area contributed by atoms with Crippen molar-refractivity contribution < 1.29 is 31.9 Å². The molecule has 5 nitrogen and oxygen atoms in total. The topological polar surface area (TPSA) is 67.4 Å². The van der Waals surface area contributed by atoms with E-state index in [1.54, 1.807) is 25.1 Å². The van der Waals surface area contributed by atoms with Gasteiger partial charge in [0, 0.05) is 17.8 Å². The zero-order valence-corrected chi connectivity index (χ0v) is 14.2. The van der Waals surface area contributed by atoms with Crippen LogP contribution in [0.25, 0.3) is 0 Å². The molecule has 0 heterocycles. The summed E-state index contributed by atoms with van der Waals surface area (Å²) < 4.78 is 56.1. The molecule has 2 amide bonds. The van der Waals surface area contributed by atoms with E-state index in [1.807, 2.05) is 0 Å². The smallest absolute Gasteiger partial charge is 0.416 e. The summed E-state index contributed by atoms with van der Waals surface area (Å²) in [4.78, 5) is 23.6. The largest absolute Gasteiger partial charge is 0.481 e. The third-order valence-electron chi connectivity index (χ3n) is 3.36. The van der Waals surface area contributed by atoms with Crippen molar-refractivity contribution in [1.82, 2.24) is 5.32 Å². The van der Waals surface area contributed by atoms with E-state index >= 15 is 0 Å². The summed E-state index contributed by atoms with van der Waals surface area (Å²) in [6, 6.07) is 7.88. The molecular weight excluding hydrogens is 368 g/mol. The first-order valence-corrected chi connectivity index (χ1v) is 7.88. The normalized spacial score (nSPS) is 11.0. The van der Waals surface area contributed by atoms with Gasteiger partial charge in [0.25, 0.3) is 11.8 Å². The zero-order valence-electron chi connectivity index (χ0n) is 14.2. The molecule has 144 valence electrons. The lowest BCUT2D eigenvalue weighted by Crippen LogP contribution is -2.23. The third kappa shape index (κ3) is 5.70. The number of carbonyl (C=O) groups excluding carboxylic acids is 2. The van der Waals surface area contributed by atoms with Crippen LogP contribution in [0, 0.1) is 5.82 Å². The fraction of sp³-hybridized carbons (Fsp3) is 0.222. The molecule has 0 saturated carbocycles. The second-order valence-corrected chi connectivity index (χ2v) is 5.42. The lowest BCUT2D eigenvalue weighted by Gasteiger charge is -2.11. The molecular formula is C18H16F4N2O3. The number of rotatable bonds is 6. The van der Waals surface area contributed by atoms with Gasteiger partial charge in [0.1, 0.15) is 0 Å². The molecule has 0 atom stereocenters. The Hall–Kier alpha value is -3.10. The molecule has 2 N–H and O–H groups in total. The number of hydrogen-bond acceptors (Lipinski definition) is 3. The van der Waals surface area contributed by atoms with Crippen LogP contribution in [0.15, 0.2) is 42.5 Å². The van der Waals surface area contributed by atoms with E-state index in [4.69, 9.17) is 4.74 Å². The summed E-state index contributed by atoms with van der Waals surface area (Å²) in [5.74, 6) is -2.68. The van der Waals surface area contributed by atoms with Gasteiger partial charge in [-0.05, 0) is 43.3 Å². The van der Waals surface area contributed by atoms with Gasteiger partial charge < -0.3 is 15.4 Å². The van der Waals surface area contributed by atoms with Gasteiger partial charge in [0.2, 0.25) is 0 Å². The number of nitrogens with one attached hydrogen (secondary N) is 2. The van der Waals surface area contributed by atoms with E-state index in [0.29, 0.717) is 29.9 Å². The second kappa shape index (κ2) is 8.52. The first kappa shape index (κ1) is 20.2. The van der Waals surface area contributed by atoms with Crippen LogP contribution in [-0.2, 0) is 11.0 Å². The summed E-state index contributed by atoms with van der Waals surface area (Å²) in [5, 5.41) is 5.07. The molecule has 0 aliphatic rings. The van der Waals surface area contributed by atoms with Gasteiger partial charge in [0.05, 0.1) is 5.56 Å². The van der Waals surface area contributed by atoms with Gasteiger partial charge in [-0.25, -0.2) is 4.39 Å². The Balaban J connectivity index is 1.97. The van der Waals surface area contributed by atoms with E-state index < -0.39 is 35.8 Å². The Morgan fingerprint density at radius 1 is 1.11 bits per heavy atom. The molecule has 2 aromatic carbocycles. The number of ether oxygens (including phenoxy) is 1. The summed E-state index contributed by atoms with van der Waals surface area (Å²) in [7, 11) is 0. The molecule has 2 rings (SSSR count). The Bertz CT molecular complexity index is 838. The van der Waals surface area contributed by atoms with Crippen molar-refractivity contribution >= 4 is 17.5 Å². The second-order valence-electron chi connectivity index (χ2n) is 5.42. The van der Waals surface area contributed by atoms with Crippen molar-refractivity contribution in [3.63, 3.8) is 0 Å². The molecule has 2 aromatic rings. The molecule has 0 aliphatic carbocycles. The standard InChI is InChI=1S/C18H16F4N2O3/c1-2-23-17(26)11-4-3-5-13(8-11)24-16(25)10-27-15-7-6-12(9-14(15)19)18(20,21)22/h3-9H,2,10H2,1H3,(H,23,26)(H,24,25). The maximum Gasteiger partial charge on any atom is 0.416 e. The van der Waals surface area contributed by atoms with Crippen molar-refractivity contribution in [2.75, 3.05) is 18.5 Å². The summed E-state index contributed by atoms with van der Waals surface area (Å²) in [5.41, 5.74) is -0.497. The molecule has 0 radical (unpaired) electrons. The van der Waals surface area contributed by atoms with Gasteiger partial charge in [-0.3, -0.25) is 9.59 Å². The van der Waals surface area contributed by atoms with Crippen LogP contribution < -0.4 is 15.4 Å². The van der Waals surface area contributed by atoms with Crippen molar-refractivity contribution in [3.05, 3.63) is 59.4 Å². The summed E-state index contributed by atoms with van der Waals surface area (Å²) in [6.45, 7) is 1.59. The van der Waals surface area contributed by atoms with Crippen LogP contribution in [0.1, 0.15) is 22.8 Å². The van der Waals surface area contributed by atoms with Gasteiger partial charge in [-0.15, -0.1) is 0 Å². The first-order valence-electron chi connectivity index (χ1n) is 7.88.